The number of aromatic nitrogens is 2. The normalized spacial score (nSPS) is 14.5. The van der Waals surface area contributed by atoms with E-state index in [4.69, 9.17) is 15.2 Å². The second-order valence-electron chi connectivity index (χ2n) is 5.23. The molecular weight excluding hydrogens is 280 g/mol. The van der Waals surface area contributed by atoms with E-state index in [2.05, 4.69) is 27.9 Å². The summed E-state index contributed by atoms with van der Waals surface area (Å²) in [7, 11) is 1.56. The summed E-state index contributed by atoms with van der Waals surface area (Å²) in [4.78, 5) is 10.3. The minimum atomic E-state index is 0.162. The molecule has 3 rings (SSSR count). The minimum absolute atomic E-state index is 0.162. The lowest BCUT2D eigenvalue weighted by molar-refractivity contribution is 0.165. The summed E-state index contributed by atoms with van der Waals surface area (Å²) in [5.74, 6) is 2.43. The Morgan fingerprint density at radius 2 is 2.05 bits per heavy atom. The maximum atomic E-state index is 6.06. The van der Waals surface area contributed by atoms with Gasteiger partial charge in [-0.1, -0.05) is 25.1 Å². The molecule has 1 aliphatic heterocycles. The number of hydrogen-bond donors (Lipinski definition) is 1. The minimum Gasteiger partial charge on any atom is -0.486 e. The number of rotatable bonds is 5. The van der Waals surface area contributed by atoms with Gasteiger partial charge in [-0.3, -0.25) is 0 Å². The molecule has 0 unspecified atom stereocenters. The third-order valence-electron chi connectivity index (χ3n) is 3.73. The van der Waals surface area contributed by atoms with E-state index < -0.39 is 0 Å². The van der Waals surface area contributed by atoms with Gasteiger partial charge in [-0.2, -0.15) is 9.97 Å². The molecule has 1 aromatic heterocycles. The van der Waals surface area contributed by atoms with Crippen LogP contribution in [0.5, 0.6) is 11.6 Å². The van der Waals surface area contributed by atoms with Gasteiger partial charge >= 0.3 is 0 Å². The lowest BCUT2D eigenvalue weighted by Crippen LogP contribution is -2.54. The van der Waals surface area contributed by atoms with E-state index in [1.165, 1.54) is 5.56 Å². The van der Waals surface area contributed by atoms with Crippen molar-refractivity contribution >= 4 is 11.8 Å². The van der Waals surface area contributed by atoms with Crippen LogP contribution in [0.4, 0.5) is 11.8 Å². The standard InChI is InChI=1S/C16H20N4O2/c1-3-11-6-4-5-7-13(11)22-12-9-20(10-12)14-8-15(21-2)19-16(17)18-14/h4-8,12H,3,9-10H2,1-2H3,(H2,17,18,19). The van der Waals surface area contributed by atoms with E-state index in [-0.39, 0.29) is 12.1 Å². The molecule has 2 aromatic rings. The second kappa shape index (κ2) is 6.09. The molecule has 1 saturated heterocycles. The van der Waals surface area contributed by atoms with Crippen LogP contribution in [0.3, 0.4) is 0 Å². The highest BCUT2D eigenvalue weighted by Gasteiger charge is 2.30. The highest BCUT2D eigenvalue weighted by atomic mass is 16.5. The van der Waals surface area contributed by atoms with Gasteiger partial charge in [-0.15, -0.1) is 0 Å². The molecule has 2 N–H and O–H groups in total. The van der Waals surface area contributed by atoms with Gasteiger partial charge in [0.2, 0.25) is 11.8 Å². The van der Waals surface area contributed by atoms with Crippen LogP contribution in [-0.2, 0) is 6.42 Å². The predicted octanol–water partition coefficient (Wildman–Crippen LogP) is 1.90. The Bertz CT molecular complexity index is 656. The van der Waals surface area contributed by atoms with Crippen LogP contribution in [0.1, 0.15) is 12.5 Å². The number of nitrogen functional groups attached to an aromatic ring is 1. The molecule has 1 aliphatic rings. The third-order valence-corrected chi connectivity index (χ3v) is 3.73. The molecule has 0 radical (unpaired) electrons. The molecule has 1 aromatic carbocycles. The van der Waals surface area contributed by atoms with Crippen LogP contribution in [0, 0.1) is 0 Å². The molecule has 0 aliphatic carbocycles. The number of benzene rings is 1. The molecule has 2 heterocycles. The number of anilines is 2. The average molecular weight is 300 g/mol. The van der Waals surface area contributed by atoms with Crippen molar-refractivity contribution in [3.8, 4) is 11.6 Å². The predicted molar refractivity (Wildman–Crippen MR) is 85.4 cm³/mol. The van der Waals surface area contributed by atoms with Crippen LogP contribution in [0.2, 0.25) is 0 Å². The van der Waals surface area contributed by atoms with Gasteiger partial charge in [0.05, 0.1) is 20.2 Å². The molecule has 0 bridgehead atoms. The summed E-state index contributed by atoms with van der Waals surface area (Å²) in [6, 6.07) is 9.94. The summed E-state index contributed by atoms with van der Waals surface area (Å²) in [6.07, 6.45) is 1.13. The fraction of sp³-hybridized carbons (Fsp3) is 0.375. The van der Waals surface area contributed by atoms with Gasteiger partial charge in [0.15, 0.2) is 0 Å². The number of methoxy groups -OCH3 is 1. The van der Waals surface area contributed by atoms with Crippen LogP contribution in [0.15, 0.2) is 30.3 Å². The number of ether oxygens (including phenoxy) is 2. The topological polar surface area (TPSA) is 73.5 Å². The van der Waals surface area contributed by atoms with E-state index >= 15 is 0 Å². The van der Waals surface area contributed by atoms with Crippen molar-refractivity contribution in [3.05, 3.63) is 35.9 Å². The van der Waals surface area contributed by atoms with Gasteiger partial charge in [0, 0.05) is 6.07 Å². The van der Waals surface area contributed by atoms with Gasteiger partial charge in [0.25, 0.3) is 0 Å². The van der Waals surface area contributed by atoms with Crippen molar-refractivity contribution in [1.29, 1.82) is 0 Å². The number of aryl methyl sites for hydroxylation is 1. The zero-order chi connectivity index (χ0) is 15.5. The first-order valence-electron chi connectivity index (χ1n) is 7.37. The molecule has 0 saturated carbocycles. The van der Waals surface area contributed by atoms with Gasteiger partial charge in [-0.25, -0.2) is 0 Å². The SMILES string of the molecule is CCc1ccccc1OC1CN(c2cc(OC)nc(N)n2)C1. The van der Waals surface area contributed by atoms with Crippen LogP contribution < -0.4 is 20.1 Å². The maximum Gasteiger partial charge on any atom is 0.225 e. The molecule has 116 valence electrons. The second-order valence-corrected chi connectivity index (χ2v) is 5.23. The van der Waals surface area contributed by atoms with E-state index in [0.717, 1.165) is 31.1 Å². The highest BCUT2D eigenvalue weighted by Crippen LogP contribution is 2.27. The molecule has 6 nitrogen and oxygen atoms in total. The quantitative estimate of drug-likeness (QED) is 0.909. The maximum absolute atomic E-state index is 6.06. The Labute approximate surface area is 129 Å². The molecular formula is C16H20N4O2. The van der Waals surface area contributed by atoms with E-state index in [1.807, 2.05) is 18.2 Å². The first kappa shape index (κ1) is 14.4. The molecule has 22 heavy (non-hydrogen) atoms. The van der Waals surface area contributed by atoms with Crippen molar-refractivity contribution in [3.63, 3.8) is 0 Å². The van der Waals surface area contributed by atoms with Gasteiger partial charge < -0.3 is 20.1 Å². The van der Waals surface area contributed by atoms with E-state index in [0.29, 0.717) is 5.88 Å². The summed E-state index contributed by atoms with van der Waals surface area (Å²) in [6.45, 7) is 3.68. The van der Waals surface area contributed by atoms with Crippen molar-refractivity contribution in [2.75, 3.05) is 30.8 Å². The fourth-order valence-corrected chi connectivity index (χ4v) is 2.49. The van der Waals surface area contributed by atoms with Crippen LogP contribution >= 0.6 is 0 Å². The van der Waals surface area contributed by atoms with Crippen molar-refractivity contribution in [2.45, 2.75) is 19.4 Å². The summed E-state index contributed by atoms with van der Waals surface area (Å²) < 4.78 is 11.2. The summed E-state index contributed by atoms with van der Waals surface area (Å²) >= 11 is 0. The number of para-hydroxylation sites is 1. The monoisotopic (exact) mass is 300 g/mol. The number of hydrogen-bond acceptors (Lipinski definition) is 6. The molecule has 0 amide bonds. The largest absolute Gasteiger partial charge is 0.486 e. The third kappa shape index (κ3) is 2.90. The Kier molecular flexibility index (Phi) is 4.00. The van der Waals surface area contributed by atoms with Crippen molar-refractivity contribution < 1.29 is 9.47 Å². The van der Waals surface area contributed by atoms with Crippen molar-refractivity contribution in [2.24, 2.45) is 0 Å². The first-order chi connectivity index (χ1) is 10.7. The summed E-state index contributed by atoms with van der Waals surface area (Å²) in [5, 5.41) is 0. The Balaban J connectivity index is 1.63. The molecule has 0 atom stereocenters. The van der Waals surface area contributed by atoms with Crippen LogP contribution in [-0.4, -0.2) is 36.3 Å². The zero-order valence-corrected chi connectivity index (χ0v) is 12.8. The smallest absolute Gasteiger partial charge is 0.225 e. The Hall–Kier alpha value is -2.50. The molecule has 6 heteroatoms. The van der Waals surface area contributed by atoms with Gasteiger partial charge in [-0.05, 0) is 18.1 Å². The number of nitrogens with zero attached hydrogens (tertiary/aromatic N) is 3. The van der Waals surface area contributed by atoms with Crippen molar-refractivity contribution in [1.82, 2.24) is 9.97 Å². The van der Waals surface area contributed by atoms with E-state index in [1.54, 1.807) is 13.2 Å². The average Bonchev–Trinajstić information content (AvgIpc) is 2.50. The molecule has 1 fully saturated rings. The Morgan fingerprint density at radius 3 is 2.77 bits per heavy atom. The van der Waals surface area contributed by atoms with E-state index in [9.17, 15) is 0 Å². The zero-order valence-electron chi connectivity index (χ0n) is 12.8. The van der Waals surface area contributed by atoms with Gasteiger partial charge in [0.1, 0.15) is 17.7 Å². The lowest BCUT2D eigenvalue weighted by atomic mass is 10.1. The number of nitrogens with two attached hydrogens (primary N) is 1. The Morgan fingerprint density at radius 1 is 1.27 bits per heavy atom. The molecule has 0 spiro atoms. The highest BCUT2D eigenvalue weighted by molar-refractivity contribution is 5.48. The lowest BCUT2D eigenvalue weighted by Gasteiger charge is -2.40. The fourth-order valence-electron chi connectivity index (χ4n) is 2.49. The first-order valence-corrected chi connectivity index (χ1v) is 7.37. The summed E-state index contributed by atoms with van der Waals surface area (Å²) in [5.41, 5.74) is 6.92. The van der Waals surface area contributed by atoms with Crippen LogP contribution in [0.25, 0.3) is 0 Å².